The molecule has 0 saturated carbocycles. The molecule has 2 rings (SSSR count). The number of rotatable bonds is 4. The van der Waals surface area contributed by atoms with Gasteiger partial charge in [-0.15, -0.1) is 16.7 Å². The second-order valence-electron chi connectivity index (χ2n) is 4.08. The van der Waals surface area contributed by atoms with Gasteiger partial charge in [0, 0.05) is 11.9 Å². The summed E-state index contributed by atoms with van der Waals surface area (Å²) in [4.78, 5) is 11.3. The lowest BCUT2D eigenvalue weighted by atomic mass is 10.1. The average molecular weight is 256 g/mol. The summed E-state index contributed by atoms with van der Waals surface area (Å²) >= 11 is 5.79. The van der Waals surface area contributed by atoms with Gasteiger partial charge in [0.2, 0.25) is 0 Å². The van der Waals surface area contributed by atoms with Gasteiger partial charge < -0.3 is 5.32 Å². The van der Waals surface area contributed by atoms with E-state index in [1.165, 1.54) is 4.52 Å². The molecule has 2 aromatic rings. The molecule has 2 aromatic heterocycles. The summed E-state index contributed by atoms with van der Waals surface area (Å²) in [7, 11) is 0. The molecule has 2 unspecified atom stereocenters. The van der Waals surface area contributed by atoms with Crippen LogP contribution in [0.1, 0.15) is 13.8 Å². The fourth-order valence-corrected chi connectivity index (χ4v) is 1.66. The van der Waals surface area contributed by atoms with Crippen molar-refractivity contribution in [1.82, 2.24) is 19.8 Å². The fraction of sp³-hybridized carbons (Fsp3) is 0.500. The molecule has 0 aliphatic carbocycles. The molecule has 2 N–H and O–H groups in total. The Hall–Kier alpha value is -1.56. The Morgan fingerprint density at radius 1 is 1.53 bits per heavy atom. The Bertz CT molecular complexity index is 563. The van der Waals surface area contributed by atoms with Gasteiger partial charge in [0.25, 0.3) is 0 Å². The maximum atomic E-state index is 11.3. The number of aromatic amines is 1. The third-order valence-electron chi connectivity index (χ3n) is 2.75. The summed E-state index contributed by atoms with van der Waals surface area (Å²) in [5.74, 6) is 1.52. The van der Waals surface area contributed by atoms with E-state index in [2.05, 4.69) is 20.6 Å². The van der Waals surface area contributed by atoms with Crippen LogP contribution in [0.3, 0.4) is 0 Å². The highest BCUT2D eigenvalue weighted by Crippen LogP contribution is 2.11. The Morgan fingerprint density at radius 3 is 3.00 bits per heavy atom. The third-order valence-corrected chi connectivity index (χ3v) is 3.23. The first kappa shape index (κ1) is 11.9. The summed E-state index contributed by atoms with van der Waals surface area (Å²) in [6.07, 6.45) is 0. The quantitative estimate of drug-likeness (QED) is 0.802. The van der Waals surface area contributed by atoms with Gasteiger partial charge in [0.15, 0.2) is 5.65 Å². The van der Waals surface area contributed by atoms with Gasteiger partial charge in [-0.1, -0.05) is 6.92 Å². The fourth-order valence-electron chi connectivity index (χ4n) is 1.39. The predicted molar refractivity (Wildman–Crippen MR) is 66.6 cm³/mol. The summed E-state index contributed by atoms with van der Waals surface area (Å²) in [6.45, 7) is 4.07. The zero-order chi connectivity index (χ0) is 12.4. The lowest BCUT2D eigenvalue weighted by molar-refractivity contribution is 0.563. The van der Waals surface area contributed by atoms with Gasteiger partial charge in [0.05, 0.1) is 0 Å². The molecule has 0 aromatic carbocycles. The lowest BCUT2D eigenvalue weighted by Crippen LogP contribution is -2.26. The van der Waals surface area contributed by atoms with Crippen molar-refractivity contribution >= 4 is 23.1 Å². The topological polar surface area (TPSA) is 75.1 Å². The van der Waals surface area contributed by atoms with E-state index < -0.39 is 0 Å². The number of anilines is 1. The monoisotopic (exact) mass is 255 g/mol. The molecule has 6 nitrogen and oxygen atoms in total. The summed E-state index contributed by atoms with van der Waals surface area (Å²) in [6, 6.07) is 3.69. The SMILES string of the molecule is CC(CCl)C(C)Nc1ccc2n[nH]c(=O)n2n1. The van der Waals surface area contributed by atoms with Crippen molar-refractivity contribution in [1.29, 1.82) is 0 Å². The summed E-state index contributed by atoms with van der Waals surface area (Å²) in [5.41, 5.74) is 0.153. The highest BCUT2D eigenvalue weighted by Gasteiger charge is 2.12. The highest BCUT2D eigenvalue weighted by molar-refractivity contribution is 6.18. The number of nitrogens with one attached hydrogen (secondary N) is 2. The molecule has 92 valence electrons. The van der Waals surface area contributed by atoms with Crippen molar-refractivity contribution < 1.29 is 0 Å². The molecule has 0 radical (unpaired) electrons. The maximum Gasteiger partial charge on any atom is 0.364 e. The third kappa shape index (κ3) is 2.41. The van der Waals surface area contributed by atoms with Gasteiger partial charge in [-0.25, -0.2) is 9.89 Å². The van der Waals surface area contributed by atoms with Crippen LogP contribution in [0.15, 0.2) is 16.9 Å². The van der Waals surface area contributed by atoms with Crippen LogP contribution < -0.4 is 11.0 Å². The number of aromatic nitrogens is 4. The number of fused-ring (bicyclic) bond motifs is 1. The van der Waals surface area contributed by atoms with Crippen molar-refractivity contribution in [3.63, 3.8) is 0 Å². The normalized spacial score (nSPS) is 14.8. The van der Waals surface area contributed by atoms with Crippen LogP contribution in [0, 0.1) is 5.92 Å². The average Bonchev–Trinajstić information content (AvgIpc) is 2.70. The molecule has 17 heavy (non-hydrogen) atoms. The van der Waals surface area contributed by atoms with E-state index in [-0.39, 0.29) is 11.7 Å². The smallest absolute Gasteiger partial charge is 0.364 e. The van der Waals surface area contributed by atoms with Crippen LogP contribution in [0.2, 0.25) is 0 Å². The molecule has 2 atom stereocenters. The van der Waals surface area contributed by atoms with Crippen molar-refractivity contribution in [2.24, 2.45) is 5.92 Å². The van der Waals surface area contributed by atoms with E-state index in [1.54, 1.807) is 12.1 Å². The van der Waals surface area contributed by atoms with E-state index in [0.717, 1.165) is 0 Å². The van der Waals surface area contributed by atoms with Crippen LogP contribution in [0.4, 0.5) is 5.82 Å². The Balaban J connectivity index is 2.24. The standard InChI is InChI=1S/C10H14ClN5O/c1-6(5-11)7(2)12-8-3-4-9-13-14-10(17)16(9)15-8/h3-4,6-7H,5H2,1-2H3,(H,12,15)(H,14,17). The second kappa shape index (κ2) is 4.75. The number of halogens is 1. The van der Waals surface area contributed by atoms with Crippen LogP contribution in [0.25, 0.3) is 5.65 Å². The zero-order valence-corrected chi connectivity index (χ0v) is 10.4. The minimum Gasteiger partial charge on any atom is -0.366 e. The number of alkyl halides is 1. The van der Waals surface area contributed by atoms with Gasteiger partial charge in [-0.2, -0.15) is 9.61 Å². The van der Waals surface area contributed by atoms with Gasteiger partial charge >= 0.3 is 5.69 Å². The van der Waals surface area contributed by atoms with Crippen LogP contribution >= 0.6 is 11.6 Å². The maximum absolute atomic E-state index is 11.3. The van der Waals surface area contributed by atoms with Crippen molar-refractivity contribution in [3.8, 4) is 0 Å². The number of nitrogens with zero attached hydrogens (tertiary/aromatic N) is 3. The molecule has 0 fully saturated rings. The Kier molecular flexibility index (Phi) is 3.33. The van der Waals surface area contributed by atoms with Gasteiger partial charge in [-0.05, 0) is 25.0 Å². The molecule has 0 bridgehead atoms. The van der Waals surface area contributed by atoms with Crippen molar-refractivity contribution in [3.05, 3.63) is 22.6 Å². The van der Waals surface area contributed by atoms with Crippen LogP contribution in [-0.2, 0) is 0 Å². The summed E-state index contributed by atoms with van der Waals surface area (Å²) in [5, 5.41) is 13.5. The molecular formula is C10H14ClN5O. The molecule has 2 heterocycles. The molecule has 0 spiro atoms. The lowest BCUT2D eigenvalue weighted by Gasteiger charge is -2.19. The molecular weight excluding hydrogens is 242 g/mol. The van der Waals surface area contributed by atoms with Crippen molar-refractivity contribution in [2.75, 3.05) is 11.2 Å². The first-order valence-corrected chi connectivity index (χ1v) is 5.92. The molecule has 7 heteroatoms. The first-order chi connectivity index (χ1) is 8.11. The second-order valence-corrected chi connectivity index (χ2v) is 4.39. The largest absolute Gasteiger partial charge is 0.366 e. The van der Waals surface area contributed by atoms with Gasteiger partial charge in [-0.3, -0.25) is 0 Å². The van der Waals surface area contributed by atoms with Crippen LogP contribution in [-0.4, -0.2) is 31.7 Å². The van der Waals surface area contributed by atoms with E-state index in [9.17, 15) is 4.79 Å². The highest BCUT2D eigenvalue weighted by atomic mass is 35.5. The Labute approximate surface area is 103 Å². The van der Waals surface area contributed by atoms with E-state index in [0.29, 0.717) is 23.3 Å². The predicted octanol–water partition coefficient (Wildman–Crippen LogP) is 1.09. The molecule has 0 aliphatic heterocycles. The van der Waals surface area contributed by atoms with E-state index >= 15 is 0 Å². The van der Waals surface area contributed by atoms with Crippen molar-refractivity contribution in [2.45, 2.75) is 19.9 Å². The number of hydrogen-bond acceptors (Lipinski definition) is 4. The minimum absolute atomic E-state index is 0.181. The minimum atomic E-state index is -0.346. The van der Waals surface area contributed by atoms with Gasteiger partial charge in [0.1, 0.15) is 5.82 Å². The molecule has 0 saturated heterocycles. The van der Waals surface area contributed by atoms with Crippen LogP contribution in [0.5, 0.6) is 0 Å². The van der Waals surface area contributed by atoms with E-state index in [1.807, 2.05) is 13.8 Å². The summed E-state index contributed by atoms with van der Waals surface area (Å²) < 4.78 is 1.22. The first-order valence-electron chi connectivity index (χ1n) is 5.39. The zero-order valence-electron chi connectivity index (χ0n) is 9.64. The molecule has 0 aliphatic rings. The number of H-pyrrole nitrogens is 1. The number of hydrogen-bond donors (Lipinski definition) is 2. The Morgan fingerprint density at radius 2 is 2.29 bits per heavy atom. The van der Waals surface area contributed by atoms with E-state index in [4.69, 9.17) is 11.6 Å². The molecule has 0 amide bonds.